The van der Waals surface area contributed by atoms with Gasteiger partial charge in [-0.25, -0.2) is 9.59 Å². The molecule has 0 unspecified atom stereocenters. The van der Waals surface area contributed by atoms with Crippen LogP contribution in [0.5, 0.6) is 0 Å². The molecule has 0 spiro atoms. The highest BCUT2D eigenvalue weighted by Crippen LogP contribution is 2.30. The third-order valence-corrected chi connectivity index (χ3v) is 4.82. The van der Waals surface area contributed by atoms with Crippen molar-refractivity contribution < 1.29 is 37.2 Å². The largest absolute Gasteiger partial charge is 0.462 e. The highest BCUT2D eigenvalue weighted by atomic mass is 19.4. The summed E-state index contributed by atoms with van der Waals surface area (Å²) in [6.07, 6.45) is -6.40. The molecule has 9 nitrogen and oxygen atoms in total. The normalized spacial score (nSPS) is 15.3. The van der Waals surface area contributed by atoms with Crippen molar-refractivity contribution in [1.82, 2.24) is 9.80 Å². The van der Waals surface area contributed by atoms with Gasteiger partial charge >= 0.3 is 18.2 Å². The second-order valence-corrected chi connectivity index (χ2v) is 8.65. The first-order valence-corrected chi connectivity index (χ1v) is 10.4. The van der Waals surface area contributed by atoms with Crippen LogP contribution < -0.4 is 0 Å². The summed E-state index contributed by atoms with van der Waals surface area (Å²) in [7, 11) is 0. The van der Waals surface area contributed by atoms with Crippen molar-refractivity contribution in [2.75, 3.05) is 32.8 Å². The Balaban J connectivity index is 2.26. The van der Waals surface area contributed by atoms with Gasteiger partial charge in [0.2, 0.25) is 0 Å². The van der Waals surface area contributed by atoms with Gasteiger partial charge in [-0.15, -0.1) is 0 Å². The molecule has 1 aromatic carbocycles. The Morgan fingerprint density at radius 2 is 1.70 bits per heavy atom. The number of hydrogen-bond acceptors (Lipinski definition) is 7. The molecule has 1 fully saturated rings. The summed E-state index contributed by atoms with van der Waals surface area (Å²) >= 11 is 0. The lowest BCUT2D eigenvalue weighted by Crippen LogP contribution is -2.49. The number of nitro benzene ring substituents is 1. The third kappa shape index (κ3) is 7.88. The summed E-state index contributed by atoms with van der Waals surface area (Å²) in [6, 6.07) is 1.91. The average molecular weight is 475 g/mol. The number of carbonyl (C=O) groups excluding carboxylic acids is 2. The molecule has 0 aliphatic carbocycles. The van der Waals surface area contributed by atoms with Crippen molar-refractivity contribution in [2.45, 2.75) is 52.4 Å². The molecule has 0 radical (unpaired) electrons. The molecule has 0 N–H and O–H groups in total. The maximum atomic E-state index is 13.2. The minimum absolute atomic E-state index is 0.00246. The molecule has 12 heteroatoms. The van der Waals surface area contributed by atoms with Crippen LogP contribution in [0.4, 0.5) is 23.7 Å². The lowest BCUT2D eigenvalue weighted by molar-refractivity contribution is -0.385. The fraction of sp³-hybridized carbons (Fsp3) is 0.619. The zero-order chi connectivity index (χ0) is 25.0. The molecule has 1 aromatic rings. The van der Waals surface area contributed by atoms with E-state index in [0.717, 1.165) is 12.1 Å². The summed E-state index contributed by atoms with van der Waals surface area (Å²) in [4.78, 5) is 38.3. The van der Waals surface area contributed by atoms with Gasteiger partial charge in [0, 0.05) is 38.8 Å². The zero-order valence-electron chi connectivity index (χ0n) is 19.0. The third-order valence-electron chi connectivity index (χ3n) is 4.82. The van der Waals surface area contributed by atoms with E-state index in [4.69, 9.17) is 9.47 Å². The molecule has 2 rings (SSSR count). The molecule has 0 bridgehead atoms. The van der Waals surface area contributed by atoms with E-state index < -0.39 is 46.4 Å². The predicted molar refractivity (Wildman–Crippen MR) is 112 cm³/mol. The molecule has 1 heterocycles. The van der Waals surface area contributed by atoms with Crippen molar-refractivity contribution in [3.63, 3.8) is 0 Å². The number of alkyl halides is 3. The van der Waals surface area contributed by atoms with E-state index in [0.29, 0.717) is 26.2 Å². The van der Waals surface area contributed by atoms with Crippen LogP contribution in [-0.4, -0.2) is 71.3 Å². The van der Waals surface area contributed by atoms with E-state index in [-0.39, 0.29) is 24.3 Å². The Morgan fingerprint density at radius 3 is 2.18 bits per heavy atom. The van der Waals surface area contributed by atoms with E-state index in [2.05, 4.69) is 0 Å². The summed E-state index contributed by atoms with van der Waals surface area (Å²) in [5.41, 5.74) is -1.91. The number of nitro groups is 1. The van der Waals surface area contributed by atoms with Gasteiger partial charge in [-0.05, 0) is 44.9 Å². The van der Waals surface area contributed by atoms with Gasteiger partial charge in [-0.2, -0.15) is 13.2 Å². The maximum absolute atomic E-state index is 13.2. The van der Waals surface area contributed by atoms with Crippen LogP contribution in [0.2, 0.25) is 0 Å². The highest BCUT2D eigenvalue weighted by molar-refractivity contribution is 5.94. The Labute approximate surface area is 189 Å². The van der Waals surface area contributed by atoms with Gasteiger partial charge in [-0.1, -0.05) is 0 Å². The van der Waals surface area contributed by atoms with Crippen LogP contribution >= 0.6 is 0 Å². The van der Waals surface area contributed by atoms with Crippen LogP contribution in [0.25, 0.3) is 0 Å². The Kier molecular flexibility index (Phi) is 8.28. The Bertz CT molecular complexity index is 890. The van der Waals surface area contributed by atoms with Gasteiger partial charge in [0.25, 0.3) is 5.69 Å². The lowest BCUT2D eigenvalue weighted by atomic mass is 9.98. The van der Waals surface area contributed by atoms with E-state index in [1.165, 1.54) is 11.8 Å². The standard InChI is InChI=1S/C21H28F3N3O6/c1-5-32-18(28)16-10-14(12-21(22,23)24)15(11-17(16)27(30)31)13-25-6-8-26(9-7-25)19(29)33-20(2,3)4/h10-11H,5-9,12-13H2,1-4H3. The number of esters is 1. The summed E-state index contributed by atoms with van der Waals surface area (Å²) < 4.78 is 49.7. The van der Waals surface area contributed by atoms with Crippen LogP contribution in [-0.2, 0) is 22.4 Å². The average Bonchev–Trinajstić information content (AvgIpc) is 2.67. The molecular weight excluding hydrogens is 447 g/mol. The van der Waals surface area contributed by atoms with Crippen LogP contribution in [0, 0.1) is 10.1 Å². The van der Waals surface area contributed by atoms with Gasteiger partial charge < -0.3 is 14.4 Å². The second kappa shape index (κ2) is 10.4. The quantitative estimate of drug-likeness (QED) is 0.349. The number of amides is 1. The van der Waals surface area contributed by atoms with Crippen molar-refractivity contribution in [3.8, 4) is 0 Å². The van der Waals surface area contributed by atoms with Gasteiger partial charge in [0.05, 0.1) is 18.0 Å². The monoisotopic (exact) mass is 475 g/mol. The Hall–Kier alpha value is -2.89. The maximum Gasteiger partial charge on any atom is 0.410 e. The van der Waals surface area contributed by atoms with Crippen LogP contribution in [0.3, 0.4) is 0 Å². The van der Waals surface area contributed by atoms with E-state index >= 15 is 0 Å². The first kappa shape index (κ1) is 26.4. The fourth-order valence-corrected chi connectivity index (χ4v) is 3.38. The highest BCUT2D eigenvalue weighted by Gasteiger charge is 2.33. The molecular formula is C21H28F3N3O6. The summed E-state index contributed by atoms with van der Waals surface area (Å²) in [5, 5.41) is 11.5. The SMILES string of the molecule is CCOC(=O)c1cc(CC(F)(F)F)c(CN2CCN(C(=O)OC(C)(C)C)CC2)cc1[N+](=O)[O-]. The van der Waals surface area contributed by atoms with E-state index in [1.54, 1.807) is 25.7 Å². The number of rotatable bonds is 6. The smallest absolute Gasteiger partial charge is 0.410 e. The first-order chi connectivity index (χ1) is 15.2. The molecule has 0 saturated carbocycles. The molecule has 184 valence electrons. The van der Waals surface area contributed by atoms with Crippen molar-refractivity contribution in [2.24, 2.45) is 0 Å². The summed E-state index contributed by atoms with van der Waals surface area (Å²) in [6.45, 7) is 7.94. The van der Waals surface area contributed by atoms with E-state index in [9.17, 15) is 32.9 Å². The van der Waals surface area contributed by atoms with Crippen molar-refractivity contribution >= 4 is 17.7 Å². The molecule has 0 aromatic heterocycles. The Morgan fingerprint density at radius 1 is 1.09 bits per heavy atom. The van der Waals surface area contributed by atoms with Crippen molar-refractivity contribution in [1.29, 1.82) is 0 Å². The van der Waals surface area contributed by atoms with Crippen LogP contribution in [0.15, 0.2) is 12.1 Å². The minimum atomic E-state index is -4.58. The number of carbonyl (C=O) groups is 2. The predicted octanol–water partition coefficient (Wildman–Crippen LogP) is 3.93. The number of benzene rings is 1. The number of ether oxygens (including phenoxy) is 2. The first-order valence-electron chi connectivity index (χ1n) is 10.4. The lowest BCUT2D eigenvalue weighted by Gasteiger charge is -2.35. The van der Waals surface area contributed by atoms with Crippen LogP contribution in [0.1, 0.15) is 49.2 Å². The van der Waals surface area contributed by atoms with Crippen molar-refractivity contribution in [3.05, 3.63) is 38.9 Å². The number of nitrogens with zero attached hydrogens (tertiary/aromatic N) is 3. The molecule has 1 aliphatic rings. The topological polar surface area (TPSA) is 102 Å². The van der Waals surface area contributed by atoms with Gasteiger partial charge in [0.1, 0.15) is 11.2 Å². The zero-order valence-corrected chi connectivity index (χ0v) is 19.0. The number of hydrogen-bond donors (Lipinski definition) is 0. The minimum Gasteiger partial charge on any atom is -0.462 e. The van der Waals surface area contributed by atoms with Gasteiger partial charge in [-0.3, -0.25) is 15.0 Å². The number of piperazine rings is 1. The molecule has 1 aliphatic heterocycles. The van der Waals surface area contributed by atoms with Gasteiger partial charge in [0.15, 0.2) is 0 Å². The fourth-order valence-electron chi connectivity index (χ4n) is 3.38. The molecule has 0 atom stereocenters. The second-order valence-electron chi connectivity index (χ2n) is 8.65. The summed E-state index contributed by atoms with van der Waals surface area (Å²) in [5.74, 6) is -1.05. The number of halogens is 3. The molecule has 1 amide bonds. The molecule has 1 saturated heterocycles. The van der Waals surface area contributed by atoms with E-state index in [1.807, 2.05) is 0 Å². The molecule has 33 heavy (non-hydrogen) atoms.